The lowest BCUT2D eigenvalue weighted by Crippen LogP contribution is -2.17. The van der Waals surface area contributed by atoms with Crippen LogP contribution in [0.5, 0.6) is 0 Å². The van der Waals surface area contributed by atoms with Crippen molar-refractivity contribution in [1.29, 1.82) is 0 Å². The molecule has 178 valence electrons. The number of carbonyl (C=O) groups excluding carboxylic acids is 4. The summed E-state index contributed by atoms with van der Waals surface area (Å²) in [5.41, 5.74) is 3.84. The third-order valence-corrected chi connectivity index (χ3v) is 7.65. The lowest BCUT2D eigenvalue weighted by atomic mass is 10.1. The van der Waals surface area contributed by atoms with Crippen molar-refractivity contribution in [2.75, 3.05) is 0 Å². The highest BCUT2D eigenvalue weighted by Gasteiger charge is 2.26. The van der Waals surface area contributed by atoms with E-state index in [-0.39, 0.29) is 22.3 Å². The first-order chi connectivity index (χ1) is 16.9. The van der Waals surface area contributed by atoms with Gasteiger partial charge in [-0.25, -0.2) is 0 Å². The minimum atomic E-state index is -0.380. The number of benzene rings is 2. The standard InChI is InChI=1S/C26H23N3O4S2/c1-2-3-4-5-10-29-19-8-6-15(13-21-23(30)27-25(32)34-21)11-17(19)18-12-16(7-9-20(18)29)14-22-24(31)28-26(33)35-22/h6-9,11-14H,2-5,10H2,1H3,(H,27,30,32)(H,28,31,33)/b21-13-,22-14+. The number of fused-ring (bicyclic) bond motifs is 3. The van der Waals surface area contributed by atoms with Crippen molar-refractivity contribution in [2.45, 2.75) is 39.2 Å². The smallest absolute Gasteiger partial charge is 0.290 e. The number of imide groups is 2. The van der Waals surface area contributed by atoms with Gasteiger partial charge in [-0.05, 0) is 77.5 Å². The number of thioether (sulfide) groups is 2. The highest BCUT2D eigenvalue weighted by molar-refractivity contribution is 8.18. The van der Waals surface area contributed by atoms with E-state index in [2.05, 4.69) is 34.3 Å². The van der Waals surface area contributed by atoms with Crippen LogP contribution in [0.15, 0.2) is 46.2 Å². The van der Waals surface area contributed by atoms with Gasteiger partial charge in [-0.15, -0.1) is 0 Å². The summed E-state index contributed by atoms with van der Waals surface area (Å²) in [7, 11) is 0. The van der Waals surface area contributed by atoms with Gasteiger partial charge in [0.2, 0.25) is 0 Å². The lowest BCUT2D eigenvalue weighted by molar-refractivity contribution is -0.116. The number of unbranched alkanes of at least 4 members (excludes halogenated alkanes) is 3. The summed E-state index contributed by atoms with van der Waals surface area (Å²) >= 11 is 1.80. The molecule has 2 fully saturated rings. The number of aromatic nitrogens is 1. The molecule has 0 spiro atoms. The second-order valence-corrected chi connectivity index (χ2v) is 10.5. The molecular formula is C26H23N3O4S2. The van der Waals surface area contributed by atoms with Gasteiger partial charge in [0.25, 0.3) is 22.3 Å². The molecule has 5 rings (SSSR count). The SMILES string of the molecule is CCCCCCn1c2ccc(/C=C3\SC(=O)NC3=O)cc2c2cc(/C=C3/SC(=O)NC3=O)ccc21. The molecule has 2 N–H and O–H groups in total. The van der Waals surface area contributed by atoms with E-state index in [0.29, 0.717) is 9.81 Å². The number of amides is 4. The Morgan fingerprint density at radius 3 is 1.69 bits per heavy atom. The van der Waals surface area contributed by atoms with Crippen LogP contribution < -0.4 is 10.6 Å². The van der Waals surface area contributed by atoms with Crippen molar-refractivity contribution in [3.8, 4) is 0 Å². The Hall–Kier alpha value is -3.30. The first-order valence-electron chi connectivity index (χ1n) is 11.5. The van der Waals surface area contributed by atoms with Gasteiger partial charge in [-0.2, -0.15) is 0 Å². The zero-order valence-corrected chi connectivity index (χ0v) is 20.7. The zero-order valence-electron chi connectivity index (χ0n) is 19.1. The molecule has 0 bridgehead atoms. The molecule has 3 heterocycles. The topological polar surface area (TPSA) is 97.3 Å². The van der Waals surface area contributed by atoms with Gasteiger partial charge in [0.15, 0.2) is 0 Å². The quantitative estimate of drug-likeness (QED) is 0.301. The van der Waals surface area contributed by atoms with Gasteiger partial charge in [-0.3, -0.25) is 29.8 Å². The molecular weight excluding hydrogens is 482 g/mol. The summed E-state index contributed by atoms with van der Waals surface area (Å²) in [4.78, 5) is 47.9. The Morgan fingerprint density at radius 1 is 0.743 bits per heavy atom. The predicted molar refractivity (Wildman–Crippen MR) is 142 cm³/mol. The molecule has 3 aromatic rings. The first-order valence-corrected chi connectivity index (χ1v) is 13.1. The zero-order chi connectivity index (χ0) is 24.5. The number of aryl methyl sites for hydroxylation is 1. The van der Waals surface area contributed by atoms with Gasteiger partial charge in [0, 0.05) is 28.4 Å². The fourth-order valence-corrected chi connectivity index (χ4v) is 5.77. The van der Waals surface area contributed by atoms with Crippen LogP contribution in [0.4, 0.5) is 9.59 Å². The summed E-state index contributed by atoms with van der Waals surface area (Å²) < 4.78 is 2.31. The highest BCUT2D eigenvalue weighted by atomic mass is 32.2. The molecule has 2 aromatic carbocycles. The Bertz CT molecular complexity index is 1370. The van der Waals surface area contributed by atoms with E-state index in [1.54, 1.807) is 12.2 Å². The van der Waals surface area contributed by atoms with Crippen molar-refractivity contribution in [3.05, 3.63) is 57.3 Å². The predicted octanol–water partition coefficient (Wildman–Crippen LogP) is 6.02. The molecule has 0 atom stereocenters. The molecule has 0 saturated carbocycles. The maximum atomic E-state index is 12.0. The summed E-state index contributed by atoms with van der Waals surface area (Å²) in [6.07, 6.45) is 8.06. The normalized spacial score (nSPS) is 18.4. The number of nitrogens with one attached hydrogen (secondary N) is 2. The molecule has 2 aliphatic heterocycles. The van der Waals surface area contributed by atoms with E-state index in [1.165, 1.54) is 12.8 Å². The van der Waals surface area contributed by atoms with Gasteiger partial charge in [0.1, 0.15) is 0 Å². The largest absolute Gasteiger partial charge is 0.340 e. The van der Waals surface area contributed by atoms with E-state index in [9.17, 15) is 19.2 Å². The summed E-state index contributed by atoms with van der Waals surface area (Å²) in [5, 5.41) is 5.90. The minimum Gasteiger partial charge on any atom is -0.340 e. The Labute approximate surface area is 210 Å². The lowest BCUT2D eigenvalue weighted by Gasteiger charge is -2.08. The summed E-state index contributed by atoms with van der Waals surface area (Å²) in [5.74, 6) is -0.761. The van der Waals surface area contributed by atoms with Crippen molar-refractivity contribution >= 4 is 79.8 Å². The van der Waals surface area contributed by atoms with Crippen molar-refractivity contribution in [1.82, 2.24) is 15.2 Å². The molecule has 2 saturated heterocycles. The molecule has 7 nitrogen and oxygen atoms in total. The number of hydrogen-bond donors (Lipinski definition) is 2. The third kappa shape index (κ3) is 4.78. The average molecular weight is 506 g/mol. The van der Waals surface area contributed by atoms with Crippen LogP contribution in [0.3, 0.4) is 0 Å². The van der Waals surface area contributed by atoms with Crippen LogP contribution in [0, 0.1) is 0 Å². The van der Waals surface area contributed by atoms with Crippen LogP contribution in [0.1, 0.15) is 43.7 Å². The third-order valence-electron chi connectivity index (χ3n) is 6.03. The number of rotatable bonds is 7. The maximum absolute atomic E-state index is 12.0. The molecule has 0 unspecified atom stereocenters. The van der Waals surface area contributed by atoms with Gasteiger partial charge in [0.05, 0.1) is 9.81 Å². The number of carbonyl (C=O) groups is 4. The monoisotopic (exact) mass is 505 g/mol. The van der Waals surface area contributed by atoms with Crippen LogP contribution in [0.25, 0.3) is 34.0 Å². The second kappa shape index (κ2) is 9.75. The Balaban J connectivity index is 1.60. The fourth-order valence-electron chi connectivity index (χ4n) is 4.40. The number of nitrogens with zero attached hydrogens (tertiary/aromatic N) is 1. The van der Waals surface area contributed by atoms with Gasteiger partial charge in [-0.1, -0.05) is 38.3 Å². The van der Waals surface area contributed by atoms with Crippen molar-refractivity contribution in [2.24, 2.45) is 0 Å². The molecule has 0 radical (unpaired) electrons. The van der Waals surface area contributed by atoms with Crippen LogP contribution in [-0.4, -0.2) is 26.9 Å². The van der Waals surface area contributed by atoms with E-state index in [1.807, 2.05) is 24.3 Å². The molecule has 35 heavy (non-hydrogen) atoms. The average Bonchev–Trinajstić information content (AvgIpc) is 3.43. The van der Waals surface area contributed by atoms with Gasteiger partial charge < -0.3 is 4.57 Å². The van der Waals surface area contributed by atoms with Gasteiger partial charge >= 0.3 is 0 Å². The Morgan fingerprint density at radius 2 is 1.26 bits per heavy atom. The number of hydrogen-bond acceptors (Lipinski definition) is 6. The van der Waals surface area contributed by atoms with Crippen LogP contribution >= 0.6 is 23.5 Å². The molecule has 4 amide bonds. The van der Waals surface area contributed by atoms with E-state index in [4.69, 9.17) is 0 Å². The summed E-state index contributed by atoms with van der Waals surface area (Å²) in [6.45, 7) is 3.08. The maximum Gasteiger partial charge on any atom is 0.290 e. The minimum absolute atomic E-state index is 0.365. The van der Waals surface area contributed by atoms with Crippen LogP contribution in [0.2, 0.25) is 0 Å². The first kappa shape index (κ1) is 23.4. The molecule has 2 aliphatic rings. The molecule has 1 aromatic heterocycles. The fraction of sp³-hybridized carbons (Fsp3) is 0.231. The van der Waals surface area contributed by atoms with E-state index >= 15 is 0 Å². The highest BCUT2D eigenvalue weighted by Crippen LogP contribution is 2.34. The molecule has 0 aliphatic carbocycles. The van der Waals surface area contributed by atoms with Crippen molar-refractivity contribution < 1.29 is 19.2 Å². The van der Waals surface area contributed by atoms with E-state index in [0.717, 1.165) is 75.8 Å². The van der Waals surface area contributed by atoms with Crippen LogP contribution in [-0.2, 0) is 16.1 Å². The van der Waals surface area contributed by atoms with Crippen molar-refractivity contribution in [3.63, 3.8) is 0 Å². The van der Waals surface area contributed by atoms with E-state index < -0.39 is 0 Å². The Kier molecular flexibility index (Phi) is 6.53. The summed E-state index contributed by atoms with van der Waals surface area (Å²) in [6, 6.07) is 12.1. The molecule has 9 heteroatoms. The second-order valence-electron chi connectivity index (χ2n) is 8.47.